The van der Waals surface area contributed by atoms with Crippen LogP contribution in [0.15, 0.2) is 47.4 Å². The molecule has 0 aromatic heterocycles. The normalized spacial score (nSPS) is 11.9. The molecule has 12 heteroatoms. The third kappa shape index (κ3) is 5.91. The SMILES string of the molecule is CNC(=O)NC(=O)[C@@H](C)OC(=O)c1ccc(Cl)c(S(=O)(=O)Nc2ccc(F)cc2)c1. The van der Waals surface area contributed by atoms with Gasteiger partial charge in [-0.2, -0.15) is 0 Å². The van der Waals surface area contributed by atoms with Gasteiger partial charge in [0.1, 0.15) is 10.7 Å². The van der Waals surface area contributed by atoms with Gasteiger partial charge < -0.3 is 10.1 Å². The second kappa shape index (κ2) is 9.55. The van der Waals surface area contributed by atoms with Crippen molar-refractivity contribution in [1.29, 1.82) is 0 Å². The van der Waals surface area contributed by atoms with Gasteiger partial charge in [-0.15, -0.1) is 0 Å². The Morgan fingerprint density at radius 1 is 1.10 bits per heavy atom. The molecule has 3 amide bonds. The number of sulfonamides is 1. The van der Waals surface area contributed by atoms with Crippen molar-refractivity contribution in [1.82, 2.24) is 10.6 Å². The van der Waals surface area contributed by atoms with Crippen LogP contribution in [0, 0.1) is 5.82 Å². The fraction of sp³-hybridized carbons (Fsp3) is 0.167. The van der Waals surface area contributed by atoms with Crippen LogP contribution in [0.2, 0.25) is 5.02 Å². The zero-order chi connectivity index (χ0) is 22.5. The lowest BCUT2D eigenvalue weighted by Gasteiger charge is -2.14. The van der Waals surface area contributed by atoms with Crippen molar-refractivity contribution >= 4 is 45.2 Å². The van der Waals surface area contributed by atoms with Crippen molar-refractivity contribution in [2.45, 2.75) is 17.9 Å². The van der Waals surface area contributed by atoms with Crippen LogP contribution in [-0.2, 0) is 19.6 Å². The highest BCUT2D eigenvalue weighted by atomic mass is 35.5. The van der Waals surface area contributed by atoms with Gasteiger partial charge >= 0.3 is 12.0 Å². The Morgan fingerprint density at radius 3 is 2.33 bits per heavy atom. The number of imide groups is 1. The van der Waals surface area contributed by atoms with E-state index in [1.807, 2.05) is 5.32 Å². The highest BCUT2D eigenvalue weighted by molar-refractivity contribution is 7.92. The van der Waals surface area contributed by atoms with Crippen LogP contribution in [0.1, 0.15) is 17.3 Å². The molecule has 0 radical (unpaired) electrons. The summed E-state index contributed by atoms with van der Waals surface area (Å²) < 4.78 is 45.4. The maximum atomic E-state index is 13.0. The number of hydrogen-bond donors (Lipinski definition) is 3. The predicted molar refractivity (Wildman–Crippen MR) is 106 cm³/mol. The number of carbonyl (C=O) groups excluding carboxylic acids is 3. The molecule has 160 valence electrons. The van der Waals surface area contributed by atoms with E-state index in [2.05, 4.69) is 10.0 Å². The molecule has 2 aromatic rings. The average molecular weight is 458 g/mol. The van der Waals surface area contributed by atoms with Gasteiger partial charge in [-0.25, -0.2) is 22.4 Å². The van der Waals surface area contributed by atoms with Gasteiger partial charge in [0.25, 0.3) is 15.9 Å². The van der Waals surface area contributed by atoms with E-state index in [0.717, 1.165) is 18.2 Å². The molecule has 0 aliphatic carbocycles. The van der Waals surface area contributed by atoms with Crippen LogP contribution in [0.4, 0.5) is 14.9 Å². The molecule has 2 aromatic carbocycles. The van der Waals surface area contributed by atoms with E-state index in [0.29, 0.717) is 0 Å². The topological polar surface area (TPSA) is 131 Å². The lowest BCUT2D eigenvalue weighted by atomic mass is 10.2. The highest BCUT2D eigenvalue weighted by Gasteiger charge is 2.24. The molecular weight excluding hydrogens is 441 g/mol. The van der Waals surface area contributed by atoms with Gasteiger partial charge in [0.2, 0.25) is 0 Å². The number of amides is 3. The number of rotatable bonds is 6. The summed E-state index contributed by atoms with van der Waals surface area (Å²) in [4.78, 5) is 34.8. The van der Waals surface area contributed by atoms with Crippen molar-refractivity contribution < 1.29 is 31.9 Å². The Kier molecular flexibility index (Phi) is 7.35. The summed E-state index contributed by atoms with van der Waals surface area (Å²) in [5.74, 6) is -2.43. The number of benzene rings is 2. The monoisotopic (exact) mass is 457 g/mol. The van der Waals surface area contributed by atoms with Crippen LogP contribution in [0.3, 0.4) is 0 Å². The summed E-state index contributed by atoms with van der Waals surface area (Å²) in [6, 6.07) is 7.14. The molecule has 0 aliphatic rings. The van der Waals surface area contributed by atoms with Gasteiger partial charge in [0.05, 0.1) is 10.6 Å². The van der Waals surface area contributed by atoms with Crippen molar-refractivity contribution in [2.24, 2.45) is 0 Å². The second-order valence-corrected chi connectivity index (χ2v) is 7.93. The first-order valence-electron chi connectivity index (χ1n) is 8.35. The molecule has 1 atom stereocenters. The molecule has 3 N–H and O–H groups in total. The first kappa shape index (κ1) is 23.1. The molecular formula is C18H17ClFN3O6S. The van der Waals surface area contributed by atoms with Crippen LogP contribution in [0.25, 0.3) is 0 Å². The first-order chi connectivity index (χ1) is 14.0. The first-order valence-corrected chi connectivity index (χ1v) is 10.2. The van der Waals surface area contributed by atoms with E-state index in [9.17, 15) is 27.2 Å². The predicted octanol–water partition coefficient (Wildman–Crippen LogP) is 2.28. The van der Waals surface area contributed by atoms with Crippen molar-refractivity contribution in [3.8, 4) is 0 Å². The van der Waals surface area contributed by atoms with E-state index in [-0.39, 0.29) is 16.3 Å². The van der Waals surface area contributed by atoms with Gasteiger partial charge in [-0.3, -0.25) is 14.8 Å². The molecule has 0 heterocycles. The summed E-state index contributed by atoms with van der Waals surface area (Å²) in [7, 11) is -2.92. The average Bonchev–Trinajstić information content (AvgIpc) is 2.69. The Hall–Kier alpha value is -3.18. The van der Waals surface area contributed by atoms with Crippen LogP contribution in [0.5, 0.6) is 0 Å². The Morgan fingerprint density at radius 2 is 1.73 bits per heavy atom. The van der Waals surface area contributed by atoms with E-state index in [1.54, 1.807) is 0 Å². The van der Waals surface area contributed by atoms with Crippen molar-refractivity contribution in [2.75, 3.05) is 11.8 Å². The van der Waals surface area contributed by atoms with E-state index in [1.165, 1.54) is 38.2 Å². The number of hydrogen-bond acceptors (Lipinski definition) is 6. The molecule has 0 saturated heterocycles. The van der Waals surface area contributed by atoms with Gasteiger partial charge in [0, 0.05) is 12.7 Å². The van der Waals surface area contributed by atoms with Gasteiger partial charge in [0.15, 0.2) is 6.10 Å². The van der Waals surface area contributed by atoms with Crippen molar-refractivity contribution in [3.05, 3.63) is 58.9 Å². The van der Waals surface area contributed by atoms with Gasteiger partial charge in [-0.05, 0) is 49.4 Å². The molecule has 0 bridgehead atoms. The summed E-state index contributed by atoms with van der Waals surface area (Å²) in [6.07, 6.45) is -1.33. The molecule has 0 saturated carbocycles. The largest absolute Gasteiger partial charge is 0.449 e. The van der Waals surface area contributed by atoms with Crippen LogP contribution in [-0.4, -0.2) is 39.5 Å². The number of anilines is 1. The number of ether oxygens (including phenoxy) is 1. The molecule has 0 aliphatic heterocycles. The Balaban J connectivity index is 2.21. The molecule has 0 fully saturated rings. The van der Waals surface area contributed by atoms with E-state index < -0.39 is 44.7 Å². The fourth-order valence-electron chi connectivity index (χ4n) is 2.12. The van der Waals surface area contributed by atoms with Crippen LogP contribution < -0.4 is 15.4 Å². The Labute approximate surface area is 176 Å². The Bertz CT molecular complexity index is 1080. The maximum absolute atomic E-state index is 13.0. The fourth-order valence-corrected chi connectivity index (χ4v) is 3.71. The summed E-state index contributed by atoms with van der Waals surface area (Å²) in [5, 5.41) is 3.94. The lowest BCUT2D eigenvalue weighted by molar-refractivity contribution is -0.127. The minimum absolute atomic E-state index is 0.0833. The third-order valence-electron chi connectivity index (χ3n) is 3.67. The minimum atomic E-state index is -4.22. The molecule has 0 unspecified atom stereocenters. The number of halogens is 2. The summed E-state index contributed by atoms with van der Waals surface area (Å²) in [6.45, 7) is 1.24. The number of esters is 1. The number of carbonyl (C=O) groups is 3. The van der Waals surface area contributed by atoms with Crippen LogP contribution >= 0.6 is 11.6 Å². The molecule has 0 spiro atoms. The molecule has 2 rings (SSSR count). The zero-order valence-corrected chi connectivity index (χ0v) is 17.3. The third-order valence-corrected chi connectivity index (χ3v) is 5.53. The molecule has 9 nitrogen and oxygen atoms in total. The number of urea groups is 1. The second-order valence-electron chi connectivity index (χ2n) is 5.87. The standard InChI is InChI=1S/C18H17ClFN3O6S/c1-10(16(24)22-18(26)21-2)29-17(25)11-3-8-14(19)15(9-11)30(27,28)23-13-6-4-12(20)5-7-13/h3-10,23H,1-2H3,(H2,21,22,24,26)/t10-/m1/s1. The van der Waals surface area contributed by atoms with E-state index >= 15 is 0 Å². The van der Waals surface area contributed by atoms with Crippen molar-refractivity contribution in [3.63, 3.8) is 0 Å². The quantitative estimate of drug-likeness (QED) is 0.570. The minimum Gasteiger partial charge on any atom is -0.449 e. The zero-order valence-electron chi connectivity index (χ0n) is 15.7. The molecule has 30 heavy (non-hydrogen) atoms. The summed E-state index contributed by atoms with van der Waals surface area (Å²) in [5.41, 5.74) is -0.113. The summed E-state index contributed by atoms with van der Waals surface area (Å²) >= 11 is 5.97. The number of nitrogens with one attached hydrogen (secondary N) is 3. The maximum Gasteiger partial charge on any atom is 0.338 e. The smallest absolute Gasteiger partial charge is 0.338 e. The van der Waals surface area contributed by atoms with E-state index in [4.69, 9.17) is 16.3 Å². The highest BCUT2D eigenvalue weighted by Crippen LogP contribution is 2.25. The van der Waals surface area contributed by atoms with Gasteiger partial charge in [-0.1, -0.05) is 11.6 Å². The lowest BCUT2D eigenvalue weighted by Crippen LogP contribution is -2.43.